The summed E-state index contributed by atoms with van der Waals surface area (Å²) in [6.45, 7) is 12.2. The minimum Gasteiger partial charge on any atom is -0.398 e. The molecule has 0 amide bonds. The minimum absolute atomic E-state index is 0.441. The average Bonchev–Trinajstić information content (AvgIpc) is 2.24. The molecule has 0 spiro atoms. The first-order chi connectivity index (χ1) is 7.40. The number of allylic oxidation sites excluding steroid dienone is 5. The molecule has 0 bridgehead atoms. The van der Waals surface area contributed by atoms with Crippen molar-refractivity contribution in [2.24, 2.45) is 11.7 Å². The van der Waals surface area contributed by atoms with Crippen molar-refractivity contribution in [3.63, 3.8) is 0 Å². The molecule has 1 nitrogen and oxygen atoms in total. The molecule has 0 aliphatic carbocycles. The zero-order valence-corrected chi connectivity index (χ0v) is 12.1. The Kier molecular flexibility index (Phi) is 6.87. The maximum Gasteiger partial charge on any atom is 0.0481 e. The van der Waals surface area contributed by atoms with Crippen molar-refractivity contribution in [2.75, 3.05) is 0 Å². The van der Waals surface area contributed by atoms with Crippen molar-refractivity contribution in [1.82, 2.24) is 0 Å². The third-order valence-corrected chi connectivity index (χ3v) is 2.90. The van der Waals surface area contributed by atoms with Crippen LogP contribution in [0.4, 0.5) is 0 Å². The Morgan fingerprint density at radius 2 is 2.00 bits per heavy atom. The predicted octanol–water partition coefficient (Wildman–Crippen LogP) is 4.44. The van der Waals surface area contributed by atoms with Gasteiger partial charge in [0.2, 0.25) is 0 Å². The van der Waals surface area contributed by atoms with Crippen LogP contribution in [0, 0.1) is 5.92 Å². The summed E-state index contributed by atoms with van der Waals surface area (Å²) in [6, 6.07) is 0. The van der Waals surface area contributed by atoms with Crippen LogP contribution in [0.2, 0.25) is 0 Å². The maximum absolute atomic E-state index is 5.79. The van der Waals surface area contributed by atoms with Gasteiger partial charge < -0.3 is 5.73 Å². The first-order valence-corrected chi connectivity index (χ1v) is 6.09. The van der Waals surface area contributed by atoms with Crippen LogP contribution in [0.15, 0.2) is 51.9 Å². The molecule has 0 unspecified atom stereocenters. The van der Waals surface area contributed by atoms with E-state index in [0.717, 1.165) is 15.6 Å². The van der Waals surface area contributed by atoms with Gasteiger partial charge in [-0.1, -0.05) is 26.5 Å². The van der Waals surface area contributed by atoms with E-state index in [-0.39, 0.29) is 0 Å². The van der Waals surface area contributed by atoms with Crippen LogP contribution in [-0.4, -0.2) is 0 Å². The Balaban J connectivity index is 5.03. The van der Waals surface area contributed by atoms with Crippen molar-refractivity contribution in [3.8, 4) is 0 Å². The van der Waals surface area contributed by atoms with E-state index in [1.807, 2.05) is 32.1 Å². The number of hydrogen-bond donors (Lipinski definition) is 1. The highest BCUT2D eigenvalue weighted by atomic mass is 79.9. The van der Waals surface area contributed by atoms with Gasteiger partial charge in [0, 0.05) is 10.2 Å². The van der Waals surface area contributed by atoms with Gasteiger partial charge >= 0.3 is 0 Å². The highest BCUT2D eigenvalue weighted by molar-refractivity contribution is 9.11. The molecule has 2 heteroatoms. The quantitative estimate of drug-likeness (QED) is 0.598. The second-order valence-corrected chi connectivity index (χ2v) is 4.75. The van der Waals surface area contributed by atoms with Crippen LogP contribution < -0.4 is 5.73 Å². The molecule has 0 aliphatic heterocycles. The lowest BCUT2D eigenvalue weighted by Gasteiger charge is -2.06. The van der Waals surface area contributed by atoms with E-state index in [2.05, 4.69) is 42.1 Å². The maximum atomic E-state index is 5.79. The monoisotopic (exact) mass is 281 g/mol. The molecule has 0 saturated carbocycles. The molecule has 0 rings (SSSR count). The summed E-state index contributed by atoms with van der Waals surface area (Å²) in [5.74, 6) is 0.441. The van der Waals surface area contributed by atoms with E-state index in [1.165, 1.54) is 0 Å². The lowest BCUT2D eigenvalue weighted by atomic mass is 9.99. The summed E-state index contributed by atoms with van der Waals surface area (Å²) in [6.07, 6.45) is 5.57. The predicted molar refractivity (Wildman–Crippen MR) is 76.2 cm³/mol. The van der Waals surface area contributed by atoms with E-state index in [0.29, 0.717) is 11.6 Å². The molecule has 88 valence electrons. The fourth-order valence-electron chi connectivity index (χ4n) is 1.04. The van der Waals surface area contributed by atoms with Gasteiger partial charge in [-0.25, -0.2) is 0 Å². The van der Waals surface area contributed by atoms with Gasteiger partial charge in [0.05, 0.1) is 0 Å². The van der Waals surface area contributed by atoms with Crippen molar-refractivity contribution >= 4 is 15.9 Å². The van der Waals surface area contributed by atoms with Gasteiger partial charge in [0.1, 0.15) is 0 Å². The number of nitrogens with two attached hydrogens (primary N) is 1. The highest BCUT2D eigenvalue weighted by Gasteiger charge is 2.00. The van der Waals surface area contributed by atoms with Crippen molar-refractivity contribution < 1.29 is 0 Å². The lowest BCUT2D eigenvalue weighted by molar-refractivity contribution is 0.782. The van der Waals surface area contributed by atoms with Gasteiger partial charge in [0.25, 0.3) is 0 Å². The Morgan fingerprint density at radius 3 is 2.44 bits per heavy atom. The third kappa shape index (κ3) is 5.20. The molecule has 0 aliphatic rings. The van der Waals surface area contributed by atoms with Crippen LogP contribution >= 0.6 is 15.9 Å². The minimum atomic E-state index is 0.441. The fraction of sp³-hybridized carbons (Fsp3) is 0.357. The SMILES string of the molecule is C=C(C(C)=C=C/C(Br)=C(N)\C=C\C)C(C)C. The largest absolute Gasteiger partial charge is 0.398 e. The zero-order chi connectivity index (χ0) is 12.7. The molecule has 0 saturated heterocycles. The summed E-state index contributed by atoms with van der Waals surface area (Å²) in [5, 5.41) is 0. The molecule has 0 atom stereocenters. The zero-order valence-electron chi connectivity index (χ0n) is 10.5. The second-order valence-electron chi connectivity index (χ2n) is 3.90. The van der Waals surface area contributed by atoms with Crippen LogP contribution in [0.3, 0.4) is 0 Å². The van der Waals surface area contributed by atoms with Gasteiger partial charge in [0.15, 0.2) is 0 Å². The molecule has 2 N–H and O–H groups in total. The molecular formula is C14H20BrN. The van der Waals surface area contributed by atoms with Gasteiger partial charge in [-0.05, 0) is 59.0 Å². The highest BCUT2D eigenvalue weighted by Crippen LogP contribution is 2.17. The molecule has 0 radical (unpaired) electrons. The summed E-state index contributed by atoms with van der Waals surface area (Å²) in [4.78, 5) is 0. The summed E-state index contributed by atoms with van der Waals surface area (Å²) in [5.41, 5.74) is 11.8. The summed E-state index contributed by atoms with van der Waals surface area (Å²) in [7, 11) is 0. The Bertz CT molecular complexity index is 378. The fourth-order valence-corrected chi connectivity index (χ4v) is 1.29. The van der Waals surface area contributed by atoms with E-state index in [9.17, 15) is 0 Å². The van der Waals surface area contributed by atoms with Crippen molar-refractivity contribution in [1.29, 1.82) is 0 Å². The van der Waals surface area contributed by atoms with Gasteiger partial charge in [-0.3, -0.25) is 0 Å². The van der Waals surface area contributed by atoms with Crippen LogP contribution in [0.1, 0.15) is 27.7 Å². The first-order valence-electron chi connectivity index (χ1n) is 5.30. The average molecular weight is 282 g/mol. The summed E-state index contributed by atoms with van der Waals surface area (Å²) >= 11 is 3.40. The lowest BCUT2D eigenvalue weighted by Crippen LogP contribution is -1.94. The van der Waals surface area contributed by atoms with E-state index >= 15 is 0 Å². The molecular weight excluding hydrogens is 262 g/mol. The van der Waals surface area contributed by atoms with Crippen LogP contribution in [0.25, 0.3) is 0 Å². The number of halogens is 1. The topological polar surface area (TPSA) is 26.0 Å². The number of rotatable bonds is 4. The molecule has 0 aromatic rings. The van der Waals surface area contributed by atoms with Gasteiger partial charge in [-0.2, -0.15) is 0 Å². The smallest absolute Gasteiger partial charge is 0.0481 e. The molecule has 0 aromatic heterocycles. The van der Waals surface area contributed by atoms with E-state index in [4.69, 9.17) is 5.73 Å². The Morgan fingerprint density at radius 1 is 1.44 bits per heavy atom. The summed E-state index contributed by atoms with van der Waals surface area (Å²) < 4.78 is 0.835. The van der Waals surface area contributed by atoms with Crippen molar-refractivity contribution in [2.45, 2.75) is 27.7 Å². The molecule has 0 aromatic carbocycles. The van der Waals surface area contributed by atoms with Crippen LogP contribution in [-0.2, 0) is 0 Å². The normalized spacial score (nSPS) is 12.4. The third-order valence-electron chi connectivity index (χ3n) is 2.22. The van der Waals surface area contributed by atoms with E-state index < -0.39 is 0 Å². The van der Waals surface area contributed by atoms with Crippen molar-refractivity contribution in [3.05, 3.63) is 51.9 Å². The van der Waals surface area contributed by atoms with Crippen LogP contribution in [0.5, 0.6) is 0 Å². The second kappa shape index (κ2) is 7.32. The molecule has 0 fully saturated rings. The Hall–Kier alpha value is -0.980. The molecule has 0 heterocycles. The molecule has 16 heavy (non-hydrogen) atoms. The Labute approximate surface area is 107 Å². The van der Waals surface area contributed by atoms with Gasteiger partial charge in [-0.15, -0.1) is 5.73 Å². The first kappa shape index (κ1) is 15.0. The number of hydrogen-bond acceptors (Lipinski definition) is 1. The standard InChI is InChI=1S/C14H20BrN/c1-6-7-14(16)13(15)9-8-11(4)12(5)10(2)3/h6-7,9-10H,5,16H2,1-4H3/b7-6+,14-13-. The van der Waals surface area contributed by atoms with E-state index in [1.54, 1.807) is 0 Å².